The highest BCUT2D eigenvalue weighted by molar-refractivity contribution is 7.91. The van der Waals surface area contributed by atoms with Gasteiger partial charge in [-0.2, -0.15) is 0 Å². The molecule has 0 aliphatic carbocycles. The lowest BCUT2D eigenvalue weighted by Crippen LogP contribution is -2.43. The molecule has 0 radical (unpaired) electrons. The van der Waals surface area contributed by atoms with Crippen molar-refractivity contribution in [2.75, 3.05) is 11.5 Å². The number of urea groups is 1. The lowest BCUT2D eigenvalue weighted by atomic mass is 10.1. The van der Waals surface area contributed by atoms with E-state index >= 15 is 0 Å². The molecule has 1 aromatic heterocycles. The summed E-state index contributed by atoms with van der Waals surface area (Å²) >= 11 is 0. The summed E-state index contributed by atoms with van der Waals surface area (Å²) in [7, 11) is -3.00. The van der Waals surface area contributed by atoms with Crippen LogP contribution < -0.4 is 10.6 Å². The molecule has 7 nitrogen and oxygen atoms in total. The number of nitrogens with one attached hydrogen (secondary N) is 2. The van der Waals surface area contributed by atoms with Gasteiger partial charge in [0.05, 0.1) is 23.9 Å². The van der Waals surface area contributed by atoms with Crippen LogP contribution in [-0.2, 0) is 9.84 Å². The number of carbonyl (C=O) groups excluding carboxylic acids is 1. The minimum absolute atomic E-state index is 0.0222. The molecule has 2 atom stereocenters. The third kappa shape index (κ3) is 3.94. The Morgan fingerprint density at radius 2 is 2.08 bits per heavy atom. The number of sulfone groups is 1. The molecule has 0 saturated carbocycles. The van der Waals surface area contributed by atoms with E-state index in [-0.39, 0.29) is 29.6 Å². The molecule has 2 heterocycles. The fourth-order valence-corrected chi connectivity index (χ4v) is 4.44. The minimum atomic E-state index is -3.00. The Bertz CT molecular complexity index is 800. The van der Waals surface area contributed by atoms with Gasteiger partial charge in [-0.05, 0) is 31.0 Å². The predicted octanol–water partition coefficient (Wildman–Crippen LogP) is 1.42. The highest BCUT2D eigenvalue weighted by Crippen LogP contribution is 2.16. The molecule has 128 valence electrons. The van der Waals surface area contributed by atoms with Crippen LogP contribution in [0.3, 0.4) is 0 Å². The fraction of sp³-hybridized carbons (Fsp3) is 0.375. The van der Waals surface area contributed by atoms with Crippen LogP contribution in [0.2, 0.25) is 0 Å². The second kappa shape index (κ2) is 6.64. The number of hydrogen-bond donors (Lipinski definition) is 2. The molecular formula is C16H20N4O3S. The lowest BCUT2D eigenvalue weighted by molar-refractivity contribution is 0.235. The van der Waals surface area contributed by atoms with Crippen molar-refractivity contribution in [3.05, 3.63) is 48.5 Å². The van der Waals surface area contributed by atoms with E-state index in [1.165, 1.54) is 0 Å². The number of amides is 2. The number of carbonyl (C=O) groups is 1. The Balaban J connectivity index is 1.56. The maximum Gasteiger partial charge on any atom is 0.315 e. The Morgan fingerprint density at radius 3 is 2.67 bits per heavy atom. The molecule has 2 aromatic rings. The van der Waals surface area contributed by atoms with Gasteiger partial charge < -0.3 is 15.2 Å². The van der Waals surface area contributed by atoms with Crippen LogP contribution in [0.1, 0.15) is 24.9 Å². The van der Waals surface area contributed by atoms with Gasteiger partial charge in [-0.15, -0.1) is 0 Å². The Kier molecular flexibility index (Phi) is 4.57. The zero-order chi connectivity index (χ0) is 17.2. The number of nitrogens with zero attached hydrogens (tertiary/aromatic N) is 2. The van der Waals surface area contributed by atoms with Crippen molar-refractivity contribution in [1.29, 1.82) is 0 Å². The molecule has 1 saturated heterocycles. The van der Waals surface area contributed by atoms with Crippen molar-refractivity contribution in [3.63, 3.8) is 0 Å². The van der Waals surface area contributed by atoms with Gasteiger partial charge in [0.1, 0.15) is 0 Å². The maximum atomic E-state index is 12.0. The van der Waals surface area contributed by atoms with Gasteiger partial charge in [0.2, 0.25) is 0 Å². The van der Waals surface area contributed by atoms with Crippen molar-refractivity contribution < 1.29 is 13.2 Å². The second-order valence-corrected chi connectivity index (χ2v) is 8.23. The number of hydrogen-bond acceptors (Lipinski definition) is 4. The van der Waals surface area contributed by atoms with Crippen molar-refractivity contribution in [2.45, 2.75) is 25.4 Å². The van der Waals surface area contributed by atoms with E-state index in [9.17, 15) is 13.2 Å². The van der Waals surface area contributed by atoms with Gasteiger partial charge in [0.15, 0.2) is 9.84 Å². The van der Waals surface area contributed by atoms with Crippen LogP contribution in [0.5, 0.6) is 0 Å². The monoisotopic (exact) mass is 348 g/mol. The average Bonchev–Trinajstić information content (AvgIpc) is 3.17. The van der Waals surface area contributed by atoms with E-state index in [4.69, 9.17) is 0 Å². The summed E-state index contributed by atoms with van der Waals surface area (Å²) in [6.45, 7) is 1.89. The van der Waals surface area contributed by atoms with Gasteiger partial charge in [-0.1, -0.05) is 12.1 Å². The number of benzene rings is 1. The van der Waals surface area contributed by atoms with Gasteiger partial charge in [-0.3, -0.25) is 0 Å². The number of rotatable bonds is 4. The molecule has 1 aromatic carbocycles. The summed E-state index contributed by atoms with van der Waals surface area (Å²) in [5.41, 5.74) is 1.96. The molecule has 1 fully saturated rings. The Labute approximate surface area is 141 Å². The summed E-state index contributed by atoms with van der Waals surface area (Å²) in [6, 6.07) is 6.97. The van der Waals surface area contributed by atoms with Crippen LogP contribution in [0.15, 0.2) is 43.0 Å². The smallest absolute Gasteiger partial charge is 0.315 e. The molecule has 3 rings (SSSR count). The fourth-order valence-electron chi connectivity index (χ4n) is 2.76. The standard InChI is InChI=1S/C16H20N4O3S/c1-12(18-16(21)19-14-6-9-24(22,23)10-14)13-2-4-15(5-3-13)20-8-7-17-11-20/h2-5,7-8,11-12,14H,6,9-10H2,1H3,(H2,18,19,21)/t12-,14-/m1/s1. The van der Waals surface area contributed by atoms with Crippen molar-refractivity contribution in [3.8, 4) is 5.69 Å². The van der Waals surface area contributed by atoms with E-state index in [0.717, 1.165) is 11.3 Å². The number of imidazole rings is 1. The summed E-state index contributed by atoms with van der Waals surface area (Å²) in [5.74, 6) is 0.164. The van der Waals surface area contributed by atoms with Crippen molar-refractivity contribution >= 4 is 15.9 Å². The average molecular weight is 348 g/mol. The molecule has 2 N–H and O–H groups in total. The molecule has 2 amide bonds. The largest absolute Gasteiger partial charge is 0.334 e. The highest BCUT2D eigenvalue weighted by atomic mass is 32.2. The van der Waals surface area contributed by atoms with E-state index in [0.29, 0.717) is 6.42 Å². The first-order valence-corrected chi connectivity index (χ1v) is 9.61. The van der Waals surface area contributed by atoms with E-state index in [1.807, 2.05) is 42.0 Å². The maximum absolute atomic E-state index is 12.0. The van der Waals surface area contributed by atoms with Crippen molar-refractivity contribution in [2.24, 2.45) is 0 Å². The summed E-state index contributed by atoms with van der Waals surface area (Å²) in [6.07, 6.45) is 5.77. The second-order valence-electron chi connectivity index (χ2n) is 6.00. The SMILES string of the molecule is C[C@@H](NC(=O)N[C@@H]1CCS(=O)(=O)C1)c1ccc(-n2ccnc2)cc1. The van der Waals surface area contributed by atoms with Crippen LogP contribution >= 0.6 is 0 Å². The molecular weight excluding hydrogens is 328 g/mol. The third-order valence-electron chi connectivity index (χ3n) is 4.11. The van der Waals surface area contributed by atoms with E-state index < -0.39 is 9.84 Å². The molecule has 0 bridgehead atoms. The van der Waals surface area contributed by atoms with Crippen LogP contribution in [0.25, 0.3) is 5.69 Å². The van der Waals surface area contributed by atoms with Crippen LogP contribution in [-0.4, -0.2) is 41.5 Å². The molecule has 0 unspecified atom stereocenters. The third-order valence-corrected chi connectivity index (χ3v) is 5.88. The zero-order valence-corrected chi connectivity index (χ0v) is 14.2. The van der Waals surface area contributed by atoms with Gasteiger partial charge >= 0.3 is 6.03 Å². The van der Waals surface area contributed by atoms with Crippen molar-refractivity contribution in [1.82, 2.24) is 20.2 Å². The summed E-state index contributed by atoms with van der Waals surface area (Å²) in [4.78, 5) is 16.0. The summed E-state index contributed by atoms with van der Waals surface area (Å²) < 4.78 is 24.7. The zero-order valence-electron chi connectivity index (χ0n) is 13.3. The first-order chi connectivity index (χ1) is 11.4. The minimum Gasteiger partial charge on any atom is -0.334 e. The predicted molar refractivity (Wildman–Crippen MR) is 90.7 cm³/mol. The van der Waals surface area contributed by atoms with E-state index in [2.05, 4.69) is 15.6 Å². The molecule has 24 heavy (non-hydrogen) atoms. The van der Waals surface area contributed by atoms with Crippen LogP contribution in [0, 0.1) is 0 Å². The van der Waals surface area contributed by atoms with Gasteiger partial charge in [0.25, 0.3) is 0 Å². The quantitative estimate of drug-likeness (QED) is 0.874. The first kappa shape index (κ1) is 16.5. The van der Waals surface area contributed by atoms with Gasteiger partial charge in [-0.25, -0.2) is 18.2 Å². The van der Waals surface area contributed by atoms with Gasteiger partial charge in [0, 0.05) is 24.1 Å². The molecule has 1 aliphatic heterocycles. The topological polar surface area (TPSA) is 93.1 Å². The summed E-state index contributed by atoms with van der Waals surface area (Å²) in [5, 5.41) is 5.57. The number of aromatic nitrogens is 2. The van der Waals surface area contributed by atoms with E-state index in [1.54, 1.807) is 12.5 Å². The molecule has 8 heteroatoms. The Hall–Kier alpha value is -2.35. The molecule has 0 spiro atoms. The lowest BCUT2D eigenvalue weighted by Gasteiger charge is -2.17. The molecule has 1 aliphatic rings. The van der Waals surface area contributed by atoms with Crippen LogP contribution in [0.4, 0.5) is 4.79 Å². The normalized spacial score (nSPS) is 20.5. The Morgan fingerprint density at radius 1 is 1.33 bits per heavy atom. The highest BCUT2D eigenvalue weighted by Gasteiger charge is 2.29. The first-order valence-electron chi connectivity index (χ1n) is 7.79.